The maximum absolute atomic E-state index is 12.2. The van der Waals surface area contributed by atoms with Crippen LogP contribution in [0.25, 0.3) is 0 Å². The van der Waals surface area contributed by atoms with Crippen LogP contribution in [-0.2, 0) is 16.1 Å². The minimum atomic E-state index is -0.829. The van der Waals surface area contributed by atoms with Crippen LogP contribution in [0.15, 0.2) is 35.1 Å². The number of rotatable bonds is 7. The van der Waals surface area contributed by atoms with Gasteiger partial charge in [-0.25, -0.2) is 4.68 Å². The molecular weight excluding hydrogens is 364 g/mol. The fourth-order valence-corrected chi connectivity index (χ4v) is 2.29. The van der Waals surface area contributed by atoms with Crippen molar-refractivity contribution < 1.29 is 19.1 Å². The lowest BCUT2D eigenvalue weighted by Gasteiger charge is -2.17. The van der Waals surface area contributed by atoms with Gasteiger partial charge in [-0.2, -0.15) is 5.10 Å². The van der Waals surface area contributed by atoms with Gasteiger partial charge in [-0.3, -0.25) is 25.2 Å². The van der Waals surface area contributed by atoms with Crippen molar-refractivity contribution in [3.05, 3.63) is 57.5 Å². The number of hydrogen-bond acceptors (Lipinski definition) is 6. The number of nitrogens with one attached hydrogen (secondary N) is 2. The van der Waals surface area contributed by atoms with E-state index in [-0.39, 0.29) is 24.4 Å². The number of aryl methyl sites for hydroxylation is 1. The van der Waals surface area contributed by atoms with Crippen LogP contribution in [-0.4, -0.2) is 41.4 Å². The standard InChI is InChI=1S/C19H24N4O5/c1-12-6-5-7-16(13(12)2)28-14(3)18(25)20-21-19(26)15-8-9-17(24)23(22-15)10-11-27-4/h5-9,14H,10-11H2,1-4H3,(H,20,25)(H,21,26). The van der Waals surface area contributed by atoms with Crippen molar-refractivity contribution in [1.29, 1.82) is 0 Å². The summed E-state index contributed by atoms with van der Waals surface area (Å²) in [6.45, 7) is 5.92. The molecule has 1 heterocycles. The molecule has 2 aromatic rings. The van der Waals surface area contributed by atoms with E-state index in [9.17, 15) is 14.4 Å². The SMILES string of the molecule is COCCn1nc(C(=O)NNC(=O)C(C)Oc2cccc(C)c2C)ccc1=O. The molecule has 9 heteroatoms. The highest BCUT2D eigenvalue weighted by atomic mass is 16.5. The zero-order chi connectivity index (χ0) is 20.7. The summed E-state index contributed by atoms with van der Waals surface area (Å²) in [5, 5.41) is 3.95. The maximum atomic E-state index is 12.2. The van der Waals surface area contributed by atoms with Gasteiger partial charge in [0.1, 0.15) is 5.75 Å². The second kappa shape index (κ2) is 9.65. The Morgan fingerprint density at radius 2 is 1.93 bits per heavy atom. The number of hydrogen-bond donors (Lipinski definition) is 2. The van der Waals surface area contributed by atoms with E-state index in [1.165, 1.54) is 19.2 Å². The van der Waals surface area contributed by atoms with Crippen molar-refractivity contribution >= 4 is 11.8 Å². The predicted molar refractivity (Wildman–Crippen MR) is 102 cm³/mol. The molecule has 0 fully saturated rings. The van der Waals surface area contributed by atoms with Gasteiger partial charge in [-0.15, -0.1) is 0 Å². The third-order valence-corrected chi connectivity index (χ3v) is 4.13. The molecule has 0 saturated carbocycles. The highest BCUT2D eigenvalue weighted by Crippen LogP contribution is 2.21. The molecule has 0 aliphatic heterocycles. The van der Waals surface area contributed by atoms with Crippen molar-refractivity contribution in [2.24, 2.45) is 0 Å². The number of carbonyl (C=O) groups is 2. The number of carbonyl (C=O) groups excluding carboxylic acids is 2. The third-order valence-electron chi connectivity index (χ3n) is 4.13. The highest BCUT2D eigenvalue weighted by Gasteiger charge is 2.18. The first kappa shape index (κ1) is 21.1. The van der Waals surface area contributed by atoms with E-state index in [0.29, 0.717) is 5.75 Å². The molecular formula is C19H24N4O5. The minimum Gasteiger partial charge on any atom is -0.481 e. The Kier molecular flexibility index (Phi) is 7.28. The Bertz CT molecular complexity index is 909. The van der Waals surface area contributed by atoms with Crippen molar-refractivity contribution in [3.8, 4) is 5.75 Å². The van der Waals surface area contributed by atoms with Gasteiger partial charge in [-0.1, -0.05) is 12.1 Å². The fraction of sp³-hybridized carbons (Fsp3) is 0.368. The Hall–Kier alpha value is -3.20. The molecule has 1 aromatic carbocycles. The monoisotopic (exact) mass is 388 g/mol. The van der Waals surface area contributed by atoms with Crippen LogP contribution in [0.5, 0.6) is 5.75 Å². The summed E-state index contributed by atoms with van der Waals surface area (Å²) in [5.41, 5.74) is 6.18. The summed E-state index contributed by atoms with van der Waals surface area (Å²) >= 11 is 0. The smallest absolute Gasteiger partial charge is 0.290 e. The number of nitrogens with zero attached hydrogens (tertiary/aromatic N) is 2. The zero-order valence-electron chi connectivity index (χ0n) is 16.3. The van der Waals surface area contributed by atoms with Crippen LogP contribution in [0, 0.1) is 13.8 Å². The molecule has 0 radical (unpaired) electrons. The molecule has 9 nitrogen and oxygen atoms in total. The lowest BCUT2D eigenvalue weighted by atomic mass is 10.1. The Labute approximate surface area is 162 Å². The molecule has 1 aromatic heterocycles. The van der Waals surface area contributed by atoms with E-state index < -0.39 is 17.9 Å². The van der Waals surface area contributed by atoms with E-state index >= 15 is 0 Å². The number of methoxy groups -OCH3 is 1. The van der Waals surface area contributed by atoms with Crippen LogP contribution in [0.3, 0.4) is 0 Å². The van der Waals surface area contributed by atoms with E-state index in [1.54, 1.807) is 13.0 Å². The van der Waals surface area contributed by atoms with Gasteiger partial charge in [0, 0.05) is 13.2 Å². The van der Waals surface area contributed by atoms with Gasteiger partial charge in [-0.05, 0) is 44.0 Å². The quantitative estimate of drug-likeness (QED) is 0.677. The second-order valence-corrected chi connectivity index (χ2v) is 6.17. The molecule has 2 rings (SSSR count). The van der Waals surface area contributed by atoms with Gasteiger partial charge in [0.25, 0.3) is 17.4 Å². The fourth-order valence-electron chi connectivity index (χ4n) is 2.29. The Morgan fingerprint density at radius 3 is 2.64 bits per heavy atom. The van der Waals surface area contributed by atoms with Crippen LogP contribution in [0.1, 0.15) is 28.5 Å². The number of aromatic nitrogens is 2. The van der Waals surface area contributed by atoms with E-state index in [4.69, 9.17) is 9.47 Å². The molecule has 1 unspecified atom stereocenters. The normalized spacial score (nSPS) is 11.6. The summed E-state index contributed by atoms with van der Waals surface area (Å²) in [5.74, 6) is -0.582. The molecule has 0 saturated heterocycles. The van der Waals surface area contributed by atoms with Crippen molar-refractivity contribution in [1.82, 2.24) is 20.6 Å². The van der Waals surface area contributed by atoms with Gasteiger partial charge < -0.3 is 9.47 Å². The first-order valence-electron chi connectivity index (χ1n) is 8.73. The molecule has 28 heavy (non-hydrogen) atoms. The highest BCUT2D eigenvalue weighted by molar-refractivity contribution is 5.93. The summed E-state index contributed by atoms with van der Waals surface area (Å²) in [7, 11) is 1.50. The molecule has 0 aliphatic rings. The lowest BCUT2D eigenvalue weighted by molar-refractivity contribution is -0.128. The first-order valence-corrected chi connectivity index (χ1v) is 8.73. The predicted octanol–water partition coefficient (Wildman–Crippen LogP) is 0.735. The van der Waals surface area contributed by atoms with E-state index in [2.05, 4.69) is 16.0 Å². The summed E-state index contributed by atoms with van der Waals surface area (Å²) < 4.78 is 11.7. The molecule has 1 atom stereocenters. The van der Waals surface area contributed by atoms with Crippen LogP contribution in [0.2, 0.25) is 0 Å². The van der Waals surface area contributed by atoms with Crippen molar-refractivity contribution in [3.63, 3.8) is 0 Å². The van der Waals surface area contributed by atoms with Crippen LogP contribution in [0.4, 0.5) is 0 Å². The number of hydrazine groups is 1. The van der Waals surface area contributed by atoms with E-state index in [1.807, 2.05) is 26.0 Å². The summed E-state index contributed by atoms with van der Waals surface area (Å²) in [6.07, 6.45) is -0.829. The number of ether oxygens (including phenoxy) is 2. The largest absolute Gasteiger partial charge is 0.481 e. The molecule has 0 bridgehead atoms. The van der Waals surface area contributed by atoms with Crippen molar-refractivity contribution in [2.45, 2.75) is 33.4 Å². The average Bonchev–Trinajstić information content (AvgIpc) is 2.68. The van der Waals surface area contributed by atoms with Crippen LogP contribution >= 0.6 is 0 Å². The average molecular weight is 388 g/mol. The molecule has 150 valence electrons. The first-order chi connectivity index (χ1) is 13.3. The maximum Gasteiger partial charge on any atom is 0.290 e. The second-order valence-electron chi connectivity index (χ2n) is 6.17. The zero-order valence-corrected chi connectivity index (χ0v) is 16.3. The van der Waals surface area contributed by atoms with Gasteiger partial charge in [0.15, 0.2) is 11.8 Å². The van der Waals surface area contributed by atoms with Gasteiger partial charge >= 0.3 is 0 Å². The molecule has 0 spiro atoms. The topological polar surface area (TPSA) is 112 Å². The van der Waals surface area contributed by atoms with Gasteiger partial charge in [0.2, 0.25) is 0 Å². The van der Waals surface area contributed by atoms with Gasteiger partial charge in [0.05, 0.1) is 13.2 Å². The molecule has 0 aliphatic carbocycles. The summed E-state index contributed by atoms with van der Waals surface area (Å²) in [6, 6.07) is 8.08. The van der Waals surface area contributed by atoms with Crippen molar-refractivity contribution in [2.75, 3.05) is 13.7 Å². The molecule has 2 N–H and O–H groups in total. The number of amides is 2. The minimum absolute atomic E-state index is 0.0147. The Balaban J connectivity index is 1.95. The Morgan fingerprint density at radius 1 is 1.18 bits per heavy atom. The van der Waals surface area contributed by atoms with Crippen LogP contribution < -0.4 is 21.1 Å². The third kappa shape index (κ3) is 5.40. The lowest BCUT2D eigenvalue weighted by Crippen LogP contribution is -2.47. The summed E-state index contributed by atoms with van der Waals surface area (Å²) in [4.78, 5) is 36.1. The molecule has 2 amide bonds. The number of benzene rings is 1. The van der Waals surface area contributed by atoms with E-state index in [0.717, 1.165) is 15.8 Å².